The molecule has 0 atom stereocenters. The molecule has 0 radical (unpaired) electrons. The third-order valence-corrected chi connectivity index (χ3v) is 2.63. The van der Waals surface area contributed by atoms with E-state index in [1.54, 1.807) is 0 Å². The van der Waals surface area contributed by atoms with Gasteiger partial charge in [0.1, 0.15) is 0 Å². The molecular weight excluding hydrogens is 272 g/mol. The lowest BCUT2D eigenvalue weighted by Gasteiger charge is -2.08. The Hall–Kier alpha value is -1.68. The minimum Gasteiger partial charge on any atom is -0.467 e. The van der Waals surface area contributed by atoms with Gasteiger partial charge in [-0.2, -0.15) is 15.0 Å². The number of ether oxygens (including phenoxy) is 1. The van der Waals surface area contributed by atoms with Gasteiger partial charge in [0.15, 0.2) is 0 Å². The molecule has 0 fully saturated rings. The van der Waals surface area contributed by atoms with E-state index in [9.17, 15) is 8.42 Å². The maximum absolute atomic E-state index is 10.9. The van der Waals surface area contributed by atoms with Crippen LogP contribution in [0.5, 0.6) is 6.01 Å². The van der Waals surface area contributed by atoms with Gasteiger partial charge in [0.2, 0.25) is 21.9 Å². The van der Waals surface area contributed by atoms with Gasteiger partial charge >= 0.3 is 6.01 Å². The average Bonchev–Trinajstić information content (AvgIpc) is 2.34. The summed E-state index contributed by atoms with van der Waals surface area (Å²) < 4.78 is 29.0. The number of sulfonamides is 1. The van der Waals surface area contributed by atoms with Crippen molar-refractivity contribution >= 4 is 21.9 Å². The normalized spacial score (nSPS) is 11.1. The molecule has 0 spiro atoms. The molecule has 0 aliphatic heterocycles. The zero-order valence-electron chi connectivity index (χ0n) is 11.1. The van der Waals surface area contributed by atoms with Gasteiger partial charge in [-0.1, -0.05) is 0 Å². The Morgan fingerprint density at radius 2 is 1.74 bits per heavy atom. The first kappa shape index (κ1) is 15.4. The van der Waals surface area contributed by atoms with Crippen LogP contribution in [-0.4, -0.2) is 56.4 Å². The van der Waals surface area contributed by atoms with Gasteiger partial charge in [-0.3, -0.25) is 0 Å². The fourth-order valence-corrected chi connectivity index (χ4v) is 1.65. The molecule has 1 aromatic heterocycles. The smallest absolute Gasteiger partial charge is 0.322 e. The van der Waals surface area contributed by atoms with Crippen LogP contribution in [-0.2, 0) is 10.0 Å². The second-order valence-corrected chi connectivity index (χ2v) is 5.43. The molecule has 10 heteroatoms. The molecule has 0 amide bonds. The van der Waals surface area contributed by atoms with Gasteiger partial charge in [-0.15, -0.1) is 0 Å². The second-order valence-electron chi connectivity index (χ2n) is 3.59. The number of anilines is 2. The quantitative estimate of drug-likeness (QED) is 0.536. The van der Waals surface area contributed by atoms with Crippen molar-refractivity contribution in [3.8, 4) is 6.01 Å². The fraction of sp³-hybridized carbons (Fsp3) is 0.667. The molecule has 1 rings (SSSR count). The lowest BCUT2D eigenvalue weighted by Crippen LogP contribution is -2.28. The summed E-state index contributed by atoms with van der Waals surface area (Å²) in [5, 5.41) is 5.83. The van der Waals surface area contributed by atoms with Crippen LogP contribution in [0.25, 0.3) is 0 Å². The van der Waals surface area contributed by atoms with Crippen molar-refractivity contribution < 1.29 is 13.2 Å². The monoisotopic (exact) mass is 290 g/mol. The molecule has 0 saturated heterocycles. The Balaban J connectivity index is 2.59. The Labute approximate surface area is 112 Å². The van der Waals surface area contributed by atoms with E-state index in [4.69, 9.17) is 4.74 Å². The number of hydrogen-bond acceptors (Lipinski definition) is 8. The summed E-state index contributed by atoms with van der Waals surface area (Å²) in [5.74, 6) is 0.714. The Bertz CT molecular complexity index is 507. The minimum absolute atomic E-state index is 0.185. The number of methoxy groups -OCH3 is 1. The SMILES string of the molecule is CCNc1nc(NCCNS(C)(=O)=O)nc(OC)n1. The average molecular weight is 290 g/mol. The van der Waals surface area contributed by atoms with E-state index in [0.29, 0.717) is 25.0 Å². The largest absolute Gasteiger partial charge is 0.467 e. The van der Waals surface area contributed by atoms with Crippen LogP contribution < -0.4 is 20.1 Å². The number of nitrogens with zero attached hydrogens (tertiary/aromatic N) is 3. The second kappa shape index (κ2) is 7.04. The van der Waals surface area contributed by atoms with Crippen molar-refractivity contribution in [1.82, 2.24) is 19.7 Å². The van der Waals surface area contributed by atoms with Gasteiger partial charge in [0, 0.05) is 19.6 Å². The Morgan fingerprint density at radius 3 is 2.26 bits per heavy atom. The molecule has 0 aliphatic carbocycles. The maximum atomic E-state index is 10.9. The van der Waals surface area contributed by atoms with Gasteiger partial charge < -0.3 is 15.4 Å². The minimum atomic E-state index is -3.19. The van der Waals surface area contributed by atoms with Crippen LogP contribution >= 0.6 is 0 Å². The molecule has 0 saturated carbocycles. The molecule has 0 aromatic carbocycles. The number of nitrogens with one attached hydrogen (secondary N) is 3. The van der Waals surface area contributed by atoms with E-state index in [1.807, 2.05) is 6.92 Å². The van der Waals surface area contributed by atoms with Crippen molar-refractivity contribution in [2.75, 3.05) is 43.6 Å². The maximum Gasteiger partial charge on any atom is 0.322 e. The predicted octanol–water partition coefficient (Wildman–Crippen LogP) is -0.727. The lowest BCUT2D eigenvalue weighted by molar-refractivity contribution is 0.379. The highest BCUT2D eigenvalue weighted by atomic mass is 32.2. The highest BCUT2D eigenvalue weighted by Crippen LogP contribution is 2.09. The zero-order valence-corrected chi connectivity index (χ0v) is 11.9. The van der Waals surface area contributed by atoms with E-state index in [2.05, 4.69) is 30.3 Å². The molecular formula is C9H18N6O3S. The molecule has 9 nitrogen and oxygen atoms in total. The van der Waals surface area contributed by atoms with E-state index in [0.717, 1.165) is 6.26 Å². The summed E-state index contributed by atoms with van der Waals surface area (Å²) in [6.07, 6.45) is 1.10. The van der Waals surface area contributed by atoms with Crippen molar-refractivity contribution in [3.05, 3.63) is 0 Å². The Kier molecular flexibility index (Phi) is 5.70. The third-order valence-electron chi connectivity index (χ3n) is 1.90. The number of aromatic nitrogens is 3. The van der Waals surface area contributed by atoms with Gasteiger partial charge in [0.25, 0.3) is 0 Å². The zero-order chi connectivity index (χ0) is 14.3. The summed E-state index contributed by atoms with van der Waals surface area (Å²) in [4.78, 5) is 12.1. The van der Waals surface area contributed by atoms with E-state index in [-0.39, 0.29) is 12.6 Å². The molecule has 3 N–H and O–H groups in total. The highest BCUT2D eigenvalue weighted by molar-refractivity contribution is 7.88. The molecule has 1 heterocycles. The van der Waals surface area contributed by atoms with Crippen LogP contribution in [0.2, 0.25) is 0 Å². The molecule has 108 valence electrons. The first-order chi connectivity index (χ1) is 8.94. The van der Waals surface area contributed by atoms with Crippen LogP contribution in [0, 0.1) is 0 Å². The predicted molar refractivity (Wildman–Crippen MR) is 71.9 cm³/mol. The summed E-state index contributed by atoms with van der Waals surface area (Å²) in [6, 6.07) is 0.185. The van der Waals surface area contributed by atoms with E-state index < -0.39 is 10.0 Å². The van der Waals surface area contributed by atoms with Crippen molar-refractivity contribution in [1.29, 1.82) is 0 Å². The summed E-state index contributed by atoms with van der Waals surface area (Å²) in [6.45, 7) is 3.18. The third kappa shape index (κ3) is 6.15. The molecule has 0 bridgehead atoms. The molecule has 0 aliphatic rings. The first-order valence-electron chi connectivity index (χ1n) is 5.67. The van der Waals surface area contributed by atoms with Crippen LogP contribution in [0.15, 0.2) is 0 Å². The van der Waals surface area contributed by atoms with Gasteiger partial charge in [-0.05, 0) is 6.92 Å². The topological polar surface area (TPSA) is 118 Å². The van der Waals surface area contributed by atoms with Crippen molar-refractivity contribution in [2.24, 2.45) is 0 Å². The van der Waals surface area contributed by atoms with Crippen molar-refractivity contribution in [2.45, 2.75) is 6.92 Å². The standard InChI is InChI=1S/C9H18N6O3S/c1-4-10-7-13-8(15-9(14-7)18-2)11-5-6-12-19(3,16)17/h12H,4-6H2,1-3H3,(H2,10,11,13,14,15). The van der Waals surface area contributed by atoms with Gasteiger partial charge in [-0.25, -0.2) is 13.1 Å². The van der Waals surface area contributed by atoms with Crippen LogP contribution in [0.4, 0.5) is 11.9 Å². The fourth-order valence-electron chi connectivity index (χ4n) is 1.17. The summed E-state index contributed by atoms with van der Waals surface area (Å²) >= 11 is 0. The lowest BCUT2D eigenvalue weighted by atomic mass is 10.6. The summed E-state index contributed by atoms with van der Waals surface area (Å²) in [7, 11) is -1.73. The molecule has 1 aromatic rings. The molecule has 0 unspecified atom stereocenters. The Morgan fingerprint density at radius 1 is 1.11 bits per heavy atom. The van der Waals surface area contributed by atoms with E-state index >= 15 is 0 Å². The molecule has 19 heavy (non-hydrogen) atoms. The van der Waals surface area contributed by atoms with E-state index in [1.165, 1.54) is 7.11 Å². The van der Waals surface area contributed by atoms with Crippen molar-refractivity contribution in [3.63, 3.8) is 0 Å². The van der Waals surface area contributed by atoms with Gasteiger partial charge in [0.05, 0.1) is 13.4 Å². The summed E-state index contributed by atoms with van der Waals surface area (Å²) in [5.41, 5.74) is 0. The first-order valence-corrected chi connectivity index (χ1v) is 7.56. The van der Waals surface area contributed by atoms with Crippen LogP contribution in [0.3, 0.4) is 0 Å². The highest BCUT2D eigenvalue weighted by Gasteiger charge is 2.06. The van der Waals surface area contributed by atoms with Crippen LogP contribution in [0.1, 0.15) is 6.92 Å². The number of rotatable bonds is 8. The number of hydrogen-bond donors (Lipinski definition) is 3.